The lowest BCUT2D eigenvalue weighted by Gasteiger charge is -2.21. The molecule has 4 rings (SSSR count). The third kappa shape index (κ3) is 6.17. The van der Waals surface area contributed by atoms with Gasteiger partial charge in [0.25, 0.3) is 11.8 Å². The third-order valence-electron chi connectivity index (χ3n) is 6.61. The van der Waals surface area contributed by atoms with Crippen LogP contribution in [0.25, 0.3) is 11.1 Å². The van der Waals surface area contributed by atoms with Crippen molar-refractivity contribution in [3.63, 3.8) is 0 Å². The highest BCUT2D eigenvalue weighted by Crippen LogP contribution is 2.44. The second-order valence-corrected chi connectivity index (χ2v) is 9.10. The Balaban J connectivity index is 1.37. The summed E-state index contributed by atoms with van der Waals surface area (Å²) < 4.78 is 5.53. The second kappa shape index (κ2) is 12.3. The SMILES string of the molecule is NOC(=O)CCCCCC(NC(=O)OCC1c2ccccc2-c2ccccc21)C(=O)ON1C(=O)CCC1=O. The number of imide groups is 1. The summed E-state index contributed by atoms with van der Waals surface area (Å²) in [4.78, 5) is 69.6. The molecule has 0 spiro atoms. The number of unbranched alkanes of at least 4 members (excludes halogenated alkanes) is 2. The van der Waals surface area contributed by atoms with Crippen LogP contribution in [0.3, 0.4) is 0 Å². The highest BCUT2D eigenvalue weighted by Gasteiger charge is 2.36. The van der Waals surface area contributed by atoms with Gasteiger partial charge in [0.05, 0.1) is 0 Å². The smallest absolute Gasteiger partial charge is 0.407 e. The van der Waals surface area contributed by atoms with E-state index in [1.165, 1.54) is 0 Å². The summed E-state index contributed by atoms with van der Waals surface area (Å²) in [7, 11) is 0. The topological polar surface area (TPSA) is 154 Å². The zero-order valence-corrected chi connectivity index (χ0v) is 20.7. The molecule has 1 heterocycles. The third-order valence-corrected chi connectivity index (χ3v) is 6.61. The van der Waals surface area contributed by atoms with Crippen LogP contribution in [-0.2, 0) is 33.6 Å². The first-order valence-corrected chi connectivity index (χ1v) is 12.5. The number of alkyl carbamates (subject to hydrolysis) is 1. The maximum absolute atomic E-state index is 12.8. The van der Waals surface area contributed by atoms with Crippen LogP contribution in [0.2, 0.25) is 0 Å². The minimum Gasteiger partial charge on any atom is -0.449 e. The number of fused-ring (bicyclic) bond motifs is 3. The van der Waals surface area contributed by atoms with Crippen LogP contribution in [0.1, 0.15) is 62.0 Å². The highest BCUT2D eigenvalue weighted by molar-refractivity contribution is 6.01. The lowest BCUT2D eigenvalue weighted by Crippen LogP contribution is -2.45. The number of hydrogen-bond donors (Lipinski definition) is 2. The summed E-state index contributed by atoms with van der Waals surface area (Å²) in [6, 6.07) is 14.6. The fraction of sp³-hybridized carbons (Fsp3) is 0.370. The number of amides is 3. The van der Waals surface area contributed by atoms with E-state index in [0.29, 0.717) is 24.3 Å². The predicted molar refractivity (Wildman–Crippen MR) is 133 cm³/mol. The number of nitrogens with two attached hydrogens (primary N) is 1. The zero-order chi connectivity index (χ0) is 27.1. The van der Waals surface area contributed by atoms with E-state index in [1.54, 1.807) is 0 Å². The molecule has 1 atom stereocenters. The minimum atomic E-state index is -1.17. The summed E-state index contributed by atoms with van der Waals surface area (Å²) >= 11 is 0. The summed E-state index contributed by atoms with van der Waals surface area (Å²) in [5.74, 6) is 1.91. The lowest BCUT2D eigenvalue weighted by molar-refractivity contribution is -0.199. The quantitative estimate of drug-likeness (QED) is 0.257. The van der Waals surface area contributed by atoms with Gasteiger partial charge in [0.15, 0.2) is 0 Å². The first-order valence-electron chi connectivity index (χ1n) is 12.5. The molecule has 2 aromatic rings. The van der Waals surface area contributed by atoms with Gasteiger partial charge in [0.2, 0.25) is 0 Å². The monoisotopic (exact) mass is 523 g/mol. The molecule has 0 aromatic heterocycles. The Hall–Kier alpha value is -4.25. The molecule has 1 aliphatic heterocycles. The number of hydroxylamine groups is 2. The maximum atomic E-state index is 12.8. The Morgan fingerprint density at radius 2 is 1.53 bits per heavy atom. The number of nitrogens with one attached hydrogen (secondary N) is 1. The zero-order valence-electron chi connectivity index (χ0n) is 20.7. The van der Waals surface area contributed by atoms with Crippen molar-refractivity contribution in [2.45, 2.75) is 56.9 Å². The molecule has 11 nitrogen and oxygen atoms in total. The molecule has 0 bridgehead atoms. The van der Waals surface area contributed by atoms with E-state index in [-0.39, 0.29) is 38.2 Å². The maximum Gasteiger partial charge on any atom is 0.407 e. The van der Waals surface area contributed by atoms with Gasteiger partial charge in [-0.25, -0.2) is 9.59 Å². The average molecular weight is 524 g/mol. The Kier molecular flexibility index (Phi) is 8.70. The fourth-order valence-corrected chi connectivity index (χ4v) is 4.70. The van der Waals surface area contributed by atoms with E-state index in [2.05, 4.69) is 10.2 Å². The lowest BCUT2D eigenvalue weighted by atomic mass is 9.98. The molecule has 200 valence electrons. The molecule has 0 radical (unpaired) electrons. The first-order chi connectivity index (χ1) is 18.4. The van der Waals surface area contributed by atoms with E-state index >= 15 is 0 Å². The molecular formula is C27H29N3O8. The van der Waals surface area contributed by atoms with Crippen molar-refractivity contribution in [3.05, 3.63) is 59.7 Å². The van der Waals surface area contributed by atoms with E-state index in [1.807, 2.05) is 48.5 Å². The molecule has 38 heavy (non-hydrogen) atoms. The average Bonchev–Trinajstić information content (AvgIpc) is 3.42. The first kappa shape index (κ1) is 26.8. The van der Waals surface area contributed by atoms with Gasteiger partial charge in [-0.05, 0) is 35.1 Å². The van der Waals surface area contributed by atoms with Crippen LogP contribution in [-0.4, -0.2) is 47.6 Å². The Labute approximate surface area is 219 Å². The Bertz CT molecular complexity index is 1170. The van der Waals surface area contributed by atoms with E-state index in [9.17, 15) is 24.0 Å². The molecule has 2 aliphatic rings. The number of carbonyl (C=O) groups is 5. The summed E-state index contributed by atoms with van der Waals surface area (Å²) in [5, 5.41) is 2.94. The number of nitrogens with zero attached hydrogens (tertiary/aromatic N) is 1. The van der Waals surface area contributed by atoms with Crippen molar-refractivity contribution in [3.8, 4) is 11.1 Å². The molecular weight excluding hydrogens is 494 g/mol. The number of ether oxygens (including phenoxy) is 1. The van der Waals surface area contributed by atoms with Gasteiger partial charge in [-0.15, -0.1) is 5.06 Å². The molecule has 1 aliphatic carbocycles. The van der Waals surface area contributed by atoms with Gasteiger partial charge in [0.1, 0.15) is 12.6 Å². The molecule has 0 saturated carbocycles. The van der Waals surface area contributed by atoms with Gasteiger partial charge >= 0.3 is 18.0 Å². The molecule has 2 aromatic carbocycles. The van der Waals surface area contributed by atoms with Crippen molar-refractivity contribution in [1.29, 1.82) is 0 Å². The molecule has 3 N–H and O–H groups in total. The van der Waals surface area contributed by atoms with Crippen molar-refractivity contribution >= 4 is 29.8 Å². The summed E-state index contributed by atoms with van der Waals surface area (Å²) in [6.07, 6.45) is 0.752. The molecule has 1 unspecified atom stereocenters. The highest BCUT2D eigenvalue weighted by atomic mass is 16.7. The van der Waals surface area contributed by atoms with Crippen LogP contribution < -0.4 is 11.2 Å². The fourth-order valence-electron chi connectivity index (χ4n) is 4.70. The summed E-state index contributed by atoms with van der Waals surface area (Å²) in [6.45, 7) is 0.0475. The molecule has 1 fully saturated rings. The summed E-state index contributed by atoms with van der Waals surface area (Å²) in [5.41, 5.74) is 4.24. The van der Waals surface area contributed by atoms with E-state index in [0.717, 1.165) is 22.3 Å². The van der Waals surface area contributed by atoms with Gasteiger partial charge in [0, 0.05) is 25.2 Å². The van der Waals surface area contributed by atoms with Gasteiger partial charge in [-0.2, -0.15) is 5.90 Å². The van der Waals surface area contributed by atoms with E-state index < -0.39 is 35.9 Å². The number of hydrogen-bond acceptors (Lipinski definition) is 9. The number of carbonyl (C=O) groups excluding carboxylic acids is 5. The Morgan fingerprint density at radius 1 is 0.921 bits per heavy atom. The van der Waals surface area contributed by atoms with Crippen LogP contribution in [0.5, 0.6) is 0 Å². The molecule has 3 amide bonds. The van der Waals surface area contributed by atoms with Crippen LogP contribution in [0.15, 0.2) is 48.5 Å². The predicted octanol–water partition coefficient (Wildman–Crippen LogP) is 2.87. The minimum absolute atomic E-state index is 0.0475. The van der Waals surface area contributed by atoms with Gasteiger partial charge in [-0.3, -0.25) is 14.4 Å². The van der Waals surface area contributed by atoms with Gasteiger partial charge in [-0.1, -0.05) is 61.4 Å². The standard InChI is InChI=1S/C27H29N3O8/c28-37-25(33)13-3-1-2-12-22(26(34)38-30-23(31)14-15-24(30)32)29-27(35)36-16-21-19-10-6-4-8-17(19)18-9-5-7-11-20(18)21/h4-11,21-22H,1-3,12-16,28H2,(H,29,35). The van der Waals surface area contributed by atoms with Crippen molar-refractivity contribution in [1.82, 2.24) is 10.4 Å². The number of rotatable bonds is 11. The van der Waals surface area contributed by atoms with Crippen LogP contribution >= 0.6 is 0 Å². The van der Waals surface area contributed by atoms with Crippen molar-refractivity contribution in [2.75, 3.05) is 6.61 Å². The largest absolute Gasteiger partial charge is 0.449 e. The van der Waals surface area contributed by atoms with Gasteiger partial charge < -0.3 is 19.7 Å². The normalized spacial score (nSPS) is 15.0. The van der Waals surface area contributed by atoms with Crippen LogP contribution in [0, 0.1) is 0 Å². The second-order valence-electron chi connectivity index (χ2n) is 9.10. The van der Waals surface area contributed by atoms with Crippen molar-refractivity contribution in [2.24, 2.45) is 5.90 Å². The molecule has 11 heteroatoms. The van der Waals surface area contributed by atoms with Crippen LogP contribution in [0.4, 0.5) is 4.79 Å². The van der Waals surface area contributed by atoms with E-state index in [4.69, 9.17) is 15.5 Å². The molecule has 1 saturated heterocycles. The van der Waals surface area contributed by atoms with Crippen molar-refractivity contribution < 1.29 is 38.4 Å². The number of benzene rings is 2. The Morgan fingerprint density at radius 3 is 2.13 bits per heavy atom.